The molecule has 0 unspecified atom stereocenters. The zero-order valence-electron chi connectivity index (χ0n) is 12.9. The summed E-state index contributed by atoms with van der Waals surface area (Å²) in [5.74, 6) is -0.0492. The topological polar surface area (TPSA) is 71.1 Å². The van der Waals surface area contributed by atoms with Crippen molar-refractivity contribution in [3.05, 3.63) is 63.3 Å². The number of aromatic nitrogens is 1. The van der Waals surface area contributed by atoms with Crippen molar-refractivity contribution < 1.29 is 9.59 Å². The summed E-state index contributed by atoms with van der Waals surface area (Å²) in [6, 6.07) is 10.9. The molecule has 0 atom stereocenters. The molecule has 2 N–H and O–H groups in total. The minimum Gasteiger partial charge on any atom is -0.346 e. The van der Waals surface area contributed by atoms with Crippen LogP contribution >= 0.6 is 22.7 Å². The van der Waals surface area contributed by atoms with Gasteiger partial charge in [0.25, 0.3) is 5.91 Å². The summed E-state index contributed by atoms with van der Waals surface area (Å²) in [5.41, 5.74) is 2.34. The molecule has 3 aromatic rings. The van der Waals surface area contributed by atoms with Crippen LogP contribution in [0.15, 0.2) is 47.2 Å². The van der Waals surface area contributed by atoms with Gasteiger partial charge in [0, 0.05) is 16.6 Å². The van der Waals surface area contributed by atoms with Crippen molar-refractivity contribution in [1.82, 2.24) is 10.3 Å². The average molecular weight is 357 g/mol. The van der Waals surface area contributed by atoms with E-state index in [1.54, 1.807) is 25.1 Å². The molecule has 1 amide bonds. The Morgan fingerprint density at radius 1 is 1.12 bits per heavy atom. The quantitative estimate of drug-likeness (QED) is 0.652. The highest BCUT2D eigenvalue weighted by Gasteiger charge is 2.08. The highest BCUT2D eigenvalue weighted by atomic mass is 32.1. The zero-order chi connectivity index (χ0) is 16.9. The van der Waals surface area contributed by atoms with Gasteiger partial charge in [-0.05, 0) is 42.6 Å². The van der Waals surface area contributed by atoms with Crippen molar-refractivity contribution in [2.24, 2.45) is 0 Å². The molecule has 5 nitrogen and oxygen atoms in total. The molecule has 0 aliphatic heterocycles. The van der Waals surface area contributed by atoms with Crippen molar-refractivity contribution in [1.29, 1.82) is 0 Å². The van der Waals surface area contributed by atoms with Gasteiger partial charge >= 0.3 is 0 Å². The highest BCUT2D eigenvalue weighted by molar-refractivity contribution is 7.13. The van der Waals surface area contributed by atoms with Crippen LogP contribution in [0.3, 0.4) is 0 Å². The first-order valence-corrected chi connectivity index (χ1v) is 9.02. The summed E-state index contributed by atoms with van der Waals surface area (Å²) < 4.78 is 0. The van der Waals surface area contributed by atoms with Crippen molar-refractivity contribution in [3.8, 4) is 0 Å². The molecular formula is C17H15N3O2S2. The van der Waals surface area contributed by atoms with Crippen LogP contribution in [0.5, 0.6) is 0 Å². The predicted octanol–water partition coefficient (Wildman–Crippen LogP) is 4.08. The van der Waals surface area contributed by atoms with E-state index >= 15 is 0 Å². The third-order valence-electron chi connectivity index (χ3n) is 3.27. The number of nitrogens with zero attached hydrogens (tertiary/aromatic N) is 1. The number of hydrogen-bond acceptors (Lipinski definition) is 6. The first-order valence-electron chi connectivity index (χ1n) is 7.26. The van der Waals surface area contributed by atoms with Crippen LogP contribution in [0.1, 0.15) is 32.6 Å². The Morgan fingerprint density at radius 2 is 1.92 bits per heavy atom. The third-order valence-corrected chi connectivity index (χ3v) is 4.94. The second-order valence-electron chi connectivity index (χ2n) is 5.06. The van der Waals surface area contributed by atoms with Gasteiger partial charge in [0.2, 0.25) is 0 Å². The third kappa shape index (κ3) is 4.06. The van der Waals surface area contributed by atoms with Crippen LogP contribution in [0.25, 0.3) is 0 Å². The van der Waals surface area contributed by atoms with Crippen LogP contribution < -0.4 is 10.6 Å². The lowest BCUT2D eigenvalue weighted by atomic mass is 10.1. The number of rotatable bonds is 6. The van der Waals surface area contributed by atoms with Gasteiger partial charge in [0.1, 0.15) is 0 Å². The molecule has 24 heavy (non-hydrogen) atoms. The Balaban J connectivity index is 1.57. The van der Waals surface area contributed by atoms with E-state index in [2.05, 4.69) is 15.6 Å². The van der Waals surface area contributed by atoms with Gasteiger partial charge in [0.05, 0.1) is 17.1 Å². The normalized spacial score (nSPS) is 10.4. The number of thiazole rings is 1. The van der Waals surface area contributed by atoms with Crippen LogP contribution in [-0.2, 0) is 6.54 Å². The van der Waals surface area contributed by atoms with Crippen LogP contribution in [0.4, 0.5) is 10.8 Å². The van der Waals surface area contributed by atoms with Crippen LogP contribution in [0, 0.1) is 0 Å². The van der Waals surface area contributed by atoms with E-state index < -0.39 is 0 Å². The van der Waals surface area contributed by atoms with Crippen LogP contribution in [-0.4, -0.2) is 16.7 Å². The van der Waals surface area contributed by atoms with Gasteiger partial charge in [-0.2, -0.15) is 0 Å². The predicted molar refractivity (Wildman–Crippen MR) is 97.3 cm³/mol. The maximum absolute atomic E-state index is 11.9. The molecule has 0 saturated heterocycles. The second-order valence-corrected chi connectivity index (χ2v) is 6.87. The molecule has 2 heterocycles. The molecular weight excluding hydrogens is 342 g/mol. The van der Waals surface area contributed by atoms with Crippen molar-refractivity contribution in [2.45, 2.75) is 13.5 Å². The monoisotopic (exact) mass is 357 g/mol. The van der Waals surface area contributed by atoms with Crippen molar-refractivity contribution in [2.75, 3.05) is 5.32 Å². The summed E-state index contributed by atoms with van der Waals surface area (Å²) in [7, 11) is 0. The number of ketones is 1. The smallest absolute Gasteiger partial charge is 0.261 e. The van der Waals surface area contributed by atoms with Gasteiger partial charge in [0.15, 0.2) is 10.9 Å². The lowest BCUT2D eigenvalue weighted by Gasteiger charge is -2.03. The Morgan fingerprint density at radius 3 is 2.58 bits per heavy atom. The van der Waals surface area contributed by atoms with E-state index in [1.165, 1.54) is 22.7 Å². The minimum atomic E-state index is -0.0904. The lowest BCUT2D eigenvalue weighted by molar-refractivity contribution is 0.0953. The summed E-state index contributed by atoms with van der Waals surface area (Å²) in [6.07, 6.45) is 0. The summed E-state index contributed by atoms with van der Waals surface area (Å²) in [6.45, 7) is 1.93. The molecule has 0 radical (unpaired) electrons. The van der Waals surface area contributed by atoms with Gasteiger partial charge in [-0.1, -0.05) is 6.07 Å². The van der Waals surface area contributed by atoms with Gasteiger partial charge < -0.3 is 10.6 Å². The van der Waals surface area contributed by atoms with Gasteiger partial charge in [-0.15, -0.1) is 22.7 Å². The fourth-order valence-electron chi connectivity index (χ4n) is 2.02. The standard InChI is InChI=1S/C17H15N3O2S2/c1-11(21)12-4-6-13(7-5-12)19-17-20-14(10-24-17)9-18-16(22)15-3-2-8-23-15/h2-8,10H,9H2,1H3,(H,18,22)(H,19,20). The molecule has 0 saturated carbocycles. The largest absolute Gasteiger partial charge is 0.346 e. The maximum atomic E-state index is 11.9. The summed E-state index contributed by atoms with van der Waals surface area (Å²) in [5, 5.41) is 10.6. The zero-order valence-corrected chi connectivity index (χ0v) is 14.5. The first-order chi connectivity index (χ1) is 11.6. The molecule has 3 rings (SSSR count). The summed E-state index contributed by atoms with van der Waals surface area (Å²) >= 11 is 2.88. The average Bonchev–Trinajstić information content (AvgIpc) is 3.25. The molecule has 0 spiro atoms. The molecule has 0 aliphatic carbocycles. The van der Waals surface area contributed by atoms with E-state index in [0.29, 0.717) is 17.0 Å². The number of benzene rings is 1. The van der Waals surface area contributed by atoms with E-state index in [9.17, 15) is 9.59 Å². The van der Waals surface area contributed by atoms with E-state index in [0.717, 1.165) is 16.5 Å². The number of anilines is 2. The first kappa shape index (κ1) is 16.4. The molecule has 2 aromatic heterocycles. The molecule has 0 aliphatic rings. The maximum Gasteiger partial charge on any atom is 0.261 e. The van der Waals surface area contributed by atoms with Crippen LogP contribution in [0.2, 0.25) is 0 Å². The summed E-state index contributed by atoms with van der Waals surface area (Å²) in [4.78, 5) is 28.3. The van der Waals surface area contributed by atoms with Crippen molar-refractivity contribution >= 4 is 45.2 Å². The number of nitrogens with one attached hydrogen (secondary N) is 2. The Hall–Kier alpha value is -2.51. The number of carbonyl (C=O) groups is 2. The van der Waals surface area contributed by atoms with Crippen molar-refractivity contribution in [3.63, 3.8) is 0 Å². The van der Waals surface area contributed by atoms with E-state index in [4.69, 9.17) is 0 Å². The number of hydrogen-bond donors (Lipinski definition) is 2. The molecule has 0 fully saturated rings. The van der Waals surface area contributed by atoms with E-state index in [-0.39, 0.29) is 11.7 Å². The highest BCUT2D eigenvalue weighted by Crippen LogP contribution is 2.21. The molecule has 122 valence electrons. The molecule has 1 aromatic carbocycles. The number of carbonyl (C=O) groups excluding carboxylic acids is 2. The molecule has 0 bridgehead atoms. The van der Waals surface area contributed by atoms with Gasteiger partial charge in [-0.25, -0.2) is 4.98 Å². The Bertz CT molecular complexity index is 839. The number of thiophene rings is 1. The van der Waals surface area contributed by atoms with E-state index in [1.807, 2.05) is 29.0 Å². The lowest BCUT2D eigenvalue weighted by Crippen LogP contribution is -2.21. The number of amides is 1. The fourth-order valence-corrected chi connectivity index (χ4v) is 3.39. The Kier molecular flexibility index (Phi) is 5.02. The van der Waals surface area contributed by atoms with Gasteiger partial charge in [-0.3, -0.25) is 9.59 Å². The SMILES string of the molecule is CC(=O)c1ccc(Nc2nc(CNC(=O)c3cccs3)cs2)cc1. The fraction of sp³-hybridized carbons (Fsp3) is 0.118. The Labute approximate surface area is 147 Å². The molecule has 7 heteroatoms. The second kappa shape index (κ2) is 7.37. The minimum absolute atomic E-state index is 0.0413. The number of Topliss-reactive ketones (excluding diaryl/α,β-unsaturated/α-hetero) is 1.